The van der Waals surface area contributed by atoms with Crippen LogP contribution in [0, 0.1) is 0 Å². The molecule has 0 aliphatic carbocycles. The molecule has 0 N–H and O–H groups in total. The second-order valence-corrected chi connectivity index (χ2v) is 11.3. The first kappa shape index (κ1) is 24.9. The van der Waals surface area contributed by atoms with Gasteiger partial charge in [-0.3, -0.25) is 9.97 Å². The third-order valence-electron chi connectivity index (χ3n) is 7.83. The number of rotatable bonds is 3. The molecule has 0 amide bonds. The predicted molar refractivity (Wildman–Crippen MR) is 176 cm³/mol. The molecular weight excluding hydrogens is 557 g/mol. The number of benzene rings is 5. The first-order chi connectivity index (χ1) is 20.6. The van der Waals surface area contributed by atoms with E-state index in [9.17, 15) is 0 Å². The van der Waals surface area contributed by atoms with Crippen molar-refractivity contribution >= 4 is 66.6 Å². The fraction of sp³-hybridized carbons (Fsp3) is 0. The molecule has 5 heteroatoms. The zero-order valence-electron chi connectivity index (χ0n) is 22.2. The molecule has 0 atom stereocenters. The van der Waals surface area contributed by atoms with E-state index < -0.39 is 0 Å². The van der Waals surface area contributed by atoms with E-state index in [2.05, 4.69) is 88.8 Å². The molecular formula is C37H21Cl2N3. The van der Waals surface area contributed by atoms with Crippen molar-refractivity contribution in [1.82, 2.24) is 15.0 Å². The number of nitrogens with zero attached hydrogens (tertiary/aromatic N) is 3. The van der Waals surface area contributed by atoms with Crippen LogP contribution in [0.5, 0.6) is 0 Å². The lowest BCUT2D eigenvalue weighted by atomic mass is 9.96. The fourth-order valence-corrected chi connectivity index (χ4v) is 6.09. The predicted octanol–water partition coefficient (Wildman–Crippen LogP) is 10.8. The van der Waals surface area contributed by atoms with E-state index in [1.54, 1.807) is 12.4 Å². The monoisotopic (exact) mass is 577 g/mol. The summed E-state index contributed by atoms with van der Waals surface area (Å²) in [6.45, 7) is 0. The van der Waals surface area contributed by atoms with Gasteiger partial charge in [0.25, 0.3) is 0 Å². The van der Waals surface area contributed by atoms with Gasteiger partial charge in [-0.2, -0.15) is 0 Å². The van der Waals surface area contributed by atoms with Gasteiger partial charge in [0.1, 0.15) is 0 Å². The van der Waals surface area contributed by atoms with Gasteiger partial charge in [0.2, 0.25) is 0 Å². The van der Waals surface area contributed by atoms with Crippen molar-refractivity contribution in [3.63, 3.8) is 0 Å². The third kappa shape index (κ3) is 4.35. The number of fused-ring (bicyclic) bond motifs is 4. The summed E-state index contributed by atoms with van der Waals surface area (Å²) >= 11 is 12.9. The first-order valence-corrected chi connectivity index (χ1v) is 14.4. The average molecular weight is 579 g/mol. The number of pyridine rings is 3. The van der Waals surface area contributed by atoms with Gasteiger partial charge in [-0.25, -0.2) is 4.98 Å². The van der Waals surface area contributed by atoms with Crippen LogP contribution in [0.1, 0.15) is 0 Å². The Balaban J connectivity index is 1.34. The van der Waals surface area contributed by atoms with Crippen LogP contribution in [0.25, 0.3) is 77.0 Å². The van der Waals surface area contributed by atoms with Crippen LogP contribution >= 0.6 is 23.2 Å². The van der Waals surface area contributed by atoms with E-state index in [1.807, 2.05) is 36.4 Å². The van der Waals surface area contributed by atoms with Crippen molar-refractivity contribution in [2.24, 2.45) is 0 Å². The molecule has 0 aliphatic rings. The van der Waals surface area contributed by atoms with Gasteiger partial charge in [0.15, 0.2) is 0 Å². The molecule has 0 saturated carbocycles. The van der Waals surface area contributed by atoms with Crippen LogP contribution in [0.4, 0.5) is 0 Å². The minimum absolute atomic E-state index is 0.681. The van der Waals surface area contributed by atoms with E-state index in [4.69, 9.17) is 28.2 Å². The van der Waals surface area contributed by atoms with Crippen LogP contribution < -0.4 is 0 Å². The molecule has 3 heterocycles. The molecule has 198 valence electrons. The normalized spacial score (nSPS) is 11.6. The van der Waals surface area contributed by atoms with Gasteiger partial charge in [0.05, 0.1) is 32.5 Å². The lowest BCUT2D eigenvalue weighted by Gasteiger charge is -2.12. The molecule has 3 nitrogen and oxygen atoms in total. The summed E-state index contributed by atoms with van der Waals surface area (Å²) in [5.41, 5.74) is 7.48. The van der Waals surface area contributed by atoms with Gasteiger partial charge in [0, 0.05) is 34.3 Å². The highest BCUT2D eigenvalue weighted by Gasteiger charge is 2.13. The molecule has 8 rings (SSSR count). The van der Waals surface area contributed by atoms with E-state index >= 15 is 0 Å². The Morgan fingerprint density at radius 3 is 1.52 bits per heavy atom. The van der Waals surface area contributed by atoms with Crippen molar-refractivity contribution in [2.45, 2.75) is 0 Å². The summed E-state index contributed by atoms with van der Waals surface area (Å²) in [5.74, 6) is 0. The van der Waals surface area contributed by atoms with E-state index in [-0.39, 0.29) is 0 Å². The van der Waals surface area contributed by atoms with Crippen LogP contribution in [0.3, 0.4) is 0 Å². The molecule has 0 spiro atoms. The Morgan fingerprint density at radius 2 is 0.929 bits per heavy atom. The summed E-state index contributed by atoms with van der Waals surface area (Å²) in [7, 11) is 0. The van der Waals surface area contributed by atoms with Gasteiger partial charge < -0.3 is 0 Å². The van der Waals surface area contributed by atoms with E-state index in [0.717, 1.165) is 55.4 Å². The molecule has 42 heavy (non-hydrogen) atoms. The molecule has 0 saturated heterocycles. The summed E-state index contributed by atoms with van der Waals surface area (Å²) in [6, 6.07) is 39.8. The first-order valence-electron chi connectivity index (χ1n) is 13.6. The molecule has 3 aromatic heterocycles. The van der Waals surface area contributed by atoms with Crippen molar-refractivity contribution in [3.8, 4) is 33.6 Å². The van der Waals surface area contributed by atoms with Crippen molar-refractivity contribution in [1.29, 1.82) is 0 Å². The Kier molecular flexibility index (Phi) is 5.88. The van der Waals surface area contributed by atoms with Gasteiger partial charge in [-0.1, -0.05) is 83.9 Å². The van der Waals surface area contributed by atoms with Crippen LogP contribution in [-0.2, 0) is 0 Å². The second kappa shape index (κ2) is 9.92. The minimum Gasteiger partial charge on any atom is -0.256 e. The molecule has 5 aromatic carbocycles. The maximum atomic E-state index is 6.44. The SMILES string of the molecule is Clc1ccnc2cc(-c3cc(-c4ccc5cc6ccccc6cc5c4)cc(-c4ccc5c(Cl)ccnc5c4)n3)ccc12. The maximum absolute atomic E-state index is 6.44. The van der Waals surface area contributed by atoms with E-state index in [1.165, 1.54) is 21.5 Å². The van der Waals surface area contributed by atoms with Gasteiger partial charge >= 0.3 is 0 Å². The Hall–Kier alpha value is -4.83. The number of hydrogen-bond donors (Lipinski definition) is 0. The zero-order valence-corrected chi connectivity index (χ0v) is 23.7. The minimum atomic E-state index is 0.681. The highest BCUT2D eigenvalue weighted by atomic mass is 35.5. The number of hydrogen-bond acceptors (Lipinski definition) is 3. The molecule has 0 fully saturated rings. The summed E-state index contributed by atoms with van der Waals surface area (Å²) in [4.78, 5) is 14.3. The number of halogens is 2. The topological polar surface area (TPSA) is 38.7 Å². The zero-order chi connectivity index (χ0) is 28.2. The molecule has 0 bridgehead atoms. The fourth-order valence-electron chi connectivity index (χ4n) is 5.66. The molecule has 0 radical (unpaired) electrons. The third-order valence-corrected chi connectivity index (χ3v) is 8.49. The largest absolute Gasteiger partial charge is 0.256 e. The van der Waals surface area contributed by atoms with Crippen LogP contribution in [-0.4, -0.2) is 15.0 Å². The lowest BCUT2D eigenvalue weighted by Crippen LogP contribution is -1.93. The molecule has 8 aromatic rings. The van der Waals surface area contributed by atoms with Crippen LogP contribution in [0.2, 0.25) is 10.0 Å². The van der Waals surface area contributed by atoms with Gasteiger partial charge in [-0.05, 0) is 87.3 Å². The van der Waals surface area contributed by atoms with Gasteiger partial charge in [-0.15, -0.1) is 0 Å². The van der Waals surface area contributed by atoms with Crippen LogP contribution in [0.15, 0.2) is 128 Å². The second-order valence-electron chi connectivity index (χ2n) is 10.4. The highest BCUT2D eigenvalue weighted by molar-refractivity contribution is 6.35. The summed E-state index contributed by atoms with van der Waals surface area (Å²) in [5, 5.41) is 8.06. The average Bonchev–Trinajstić information content (AvgIpc) is 3.03. The molecule has 0 aliphatic heterocycles. The Morgan fingerprint density at radius 1 is 0.405 bits per heavy atom. The maximum Gasteiger partial charge on any atom is 0.0723 e. The Bertz CT molecular complexity index is 2240. The molecule has 0 unspecified atom stereocenters. The van der Waals surface area contributed by atoms with E-state index in [0.29, 0.717) is 10.0 Å². The van der Waals surface area contributed by atoms with Crippen molar-refractivity contribution in [3.05, 3.63) is 138 Å². The Labute approximate surface area is 252 Å². The highest BCUT2D eigenvalue weighted by Crippen LogP contribution is 2.35. The summed E-state index contributed by atoms with van der Waals surface area (Å²) < 4.78 is 0. The van der Waals surface area contributed by atoms with Crippen molar-refractivity contribution < 1.29 is 0 Å². The number of aromatic nitrogens is 3. The standard InChI is InChI=1S/C37H21Cl2N3/c38-32-11-13-40-36-18-26(7-9-30(32)36)34-20-29(21-35(42-34)27-8-10-31-33(39)12-14-41-37(31)19-27)25-6-5-24-15-22-3-1-2-4-23(22)16-28(24)17-25/h1-21H. The quantitative estimate of drug-likeness (QED) is 0.196. The lowest BCUT2D eigenvalue weighted by molar-refractivity contribution is 1.32. The summed E-state index contributed by atoms with van der Waals surface area (Å²) in [6.07, 6.45) is 3.46. The van der Waals surface area contributed by atoms with Crippen molar-refractivity contribution in [2.75, 3.05) is 0 Å². The smallest absolute Gasteiger partial charge is 0.0723 e.